The molecule has 22 heavy (non-hydrogen) atoms. The number of guanidine groups is 1. The molecular weight excluding hydrogens is 397 g/mol. The summed E-state index contributed by atoms with van der Waals surface area (Å²) in [6, 6.07) is 0. The number of nitrogens with one attached hydrogen (secondary N) is 1. The second-order valence-electron chi connectivity index (χ2n) is 5.73. The van der Waals surface area contributed by atoms with Crippen molar-refractivity contribution in [2.24, 2.45) is 16.8 Å². The zero-order valence-electron chi connectivity index (χ0n) is 14.1. The molecule has 130 valence electrons. The summed E-state index contributed by atoms with van der Waals surface area (Å²) in [7, 11) is 3.23. The van der Waals surface area contributed by atoms with Gasteiger partial charge in [-0.15, -0.1) is 24.0 Å². The minimum atomic E-state index is -0.0975. The molecule has 0 unspecified atom stereocenters. The predicted molar refractivity (Wildman–Crippen MR) is 98.7 cm³/mol. The van der Waals surface area contributed by atoms with Gasteiger partial charge in [-0.2, -0.15) is 0 Å². The number of piperidine rings is 1. The predicted octanol–water partition coefficient (Wildman–Crippen LogP) is 1.74. The monoisotopic (exact) mass is 427 g/mol. The van der Waals surface area contributed by atoms with Crippen molar-refractivity contribution < 1.29 is 14.3 Å². The van der Waals surface area contributed by atoms with E-state index in [-0.39, 0.29) is 35.9 Å². The van der Waals surface area contributed by atoms with Gasteiger partial charge in [0.05, 0.1) is 19.6 Å². The van der Waals surface area contributed by atoms with E-state index >= 15 is 0 Å². The first-order valence-electron chi connectivity index (χ1n) is 7.69. The summed E-state index contributed by atoms with van der Waals surface area (Å²) in [4.78, 5) is 18.0. The van der Waals surface area contributed by atoms with Gasteiger partial charge in [0.25, 0.3) is 0 Å². The van der Waals surface area contributed by atoms with Crippen molar-refractivity contribution in [1.82, 2.24) is 10.2 Å². The molecule has 0 spiro atoms. The van der Waals surface area contributed by atoms with Gasteiger partial charge >= 0.3 is 5.97 Å². The Kier molecular flexibility index (Phi) is 11.6. The third kappa shape index (κ3) is 7.62. The number of esters is 1. The number of carbonyl (C=O) groups is 1. The summed E-state index contributed by atoms with van der Waals surface area (Å²) in [5, 5.41) is 3.31. The highest BCUT2D eigenvalue weighted by Crippen LogP contribution is 2.18. The van der Waals surface area contributed by atoms with Crippen molar-refractivity contribution in [3.05, 3.63) is 0 Å². The number of ether oxygens (including phenoxy) is 2. The number of nitrogens with zero attached hydrogens (tertiary/aromatic N) is 2. The number of carbonyl (C=O) groups excluding carboxylic acids is 1. The highest BCUT2D eigenvalue weighted by atomic mass is 127. The summed E-state index contributed by atoms with van der Waals surface area (Å²) >= 11 is 0. The zero-order valence-corrected chi connectivity index (χ0v) is 16.5. The fourth-order valence-electron chi connectivity index (χ4n) is 2.38. The van der Waals surface area contributed by atoms with Crippen molar-refractivity contribution in [3.8, 4) is 0 Å². The fraction of sp³-hybridized carbons (Fsp3) is 0.867. The molecule has 0 radical (unpaired) electrons. The minimum Gasteiger partial charge on any atom is -0.469 e. The van der Waals surface area contributed by atoms with Gasteiger partial charge in [0.2, 0.25) is 0 Å². The first kappa shape index (κ1) is 21.4. The molecule has 0 bridgehead atoms. The molecule has 1 N–H and O–H groups in total. The van der Waals surface area contributed by atoms with Gasteiger partial charge < -0.3 is 19.7 Å². The number of rotatable bonds is 6. The van der Waals surface area contributed by atoms with Crippen LogP contribution in [0.25, 0.3) is 0 Å². The number of hydrogen-bond acceptors (Lipinski definition) is 4. The van der Waals surface area contributed by atoms with Crippen molar-refractivity contribution in [3.63, 3.8) is 0 Å². The second-order valence-corrected chi connectivity index (χ2v) is 5.73. The smallest absolute Gasteiger partial charge is 0.308 e. The second kappa shape index (κ2) is 11.9. The third-order valence-electron chi connectivity index (χ3n) is 3.52. The number of halogens is 1. The van der Waals surface area contributed by atoms with Crippen LogP contribution in [0.15, 0.2) is 4.99 Å². The van der Waals surface area contributed by atoms with Crippen molar-refractivity contribution in [2.45, 2.75) is 26.7 Å². The Morgan fingerprint density at radius 1 is 1.36 bits per heavy atom. The van der Waals surface area contributed by atoms with E-state index in [2.05, 4.69) is 29.1 Å². The van der Waals surface area contributed by atoms with Gasteiger partial charge in [0.1, 0.15) is 0 Å². The maximum atomic E-state index is 11.5. The Morgan fingerprint density at radius 2 is 2.00 bits per heavy atom. The first-order chi connectivity index (χ1) is 10.1. The molecule has 1 saturated heterocycles. The van der Waals surface area contributed by atoms with Crippen LogP contribution in [-0.4, -0.2) is 63.8 Å². The van der Waals surface area contributed by atoms with E-state index in [1.807, 2.05) is 0 Å². The molecule has 7 heteroatoms. The summed E-state index contributed by atoms with van der Waals surface area (Å²) in [6.45, 7) is 8.13. The largest absolute Gasteiger partial charge is 0.469 e. The molecule has 0 saturated carbocycles. The molecule has 1 aliphatic rings. The number of hydrogen-bond donors (Lipinski definition) is 1. The molecule has 6 nitrogen and oxygen atoms in total. The van der Waals surface area contributed by atoms with Gasteiger partial charge in [-0.25, -0.2) is 0 Å². The molecule has 1 aliphatic heterocycles. The van der Waals surface area contributed by atoms with E-state index in [9.17, 15) is 4.79 Å². The van der Waals surface area contributed by atoms with E-state index in [1.54, 1.807) is 7.05 Å². The van der Waals surface area contributed by atoms with Gasteiger partial charge in [0, 0.05) is 33.3 Å². The zero-order chi connectivity index (χ0) is 15.7. The van der Waals surface area contributed by atoms with Crippen LogP contribution in [-0.2, 0) is 14.3 Å². The van der Waals surface area contributed by atoms with Gasteiger partial charge in [-0.3, -0.25) is 9.79 Å². The molecule has 0 aromatic carbocycles. The molecule has 1 heterocycles. The van der Waals surface area contributed by atoms with Gasteiger partial charge in [0.15, 0.2) is 5.96 Å². The molecular formula is C15H30IN3O3. The van der Waals surface area contributed by atoms with E-state index in [0.717, 1.165) is 45.0 Å². The number of aliphatic imine (C=N–C) groups is 1. The number of likely N-dealkylation sites (tertiary alicyclic amines) is 1. The lowest BCUT2D eigenvalue weighted by Gasteiger charge is -2.33. The van der Waals surface area contributed by atoms with E-state index in [4.69, 9.17) is 9.47 Å². The van der Waals surface area contributed by atoms with Crippen LogP contribution >= 0.6 is 24.0 Å². The molecule has 1 fully saturated rings. The van der Waals surface area contributed by atoms with Crippen molar-refractivity contribution in [1.29, 1.82) is 0 Å². The van der Waals surface area contributed by atoms with Crippen LogP contribution in [0, 0.1) is 11.8 Å². The maximum absolute atomic E-state index is 11.5. The summed E-state index contributed by atoms with van der Waals surface area (Å²) < 4.78 is 10.3. The third-order valence-corrected chi connectivity index (χ3v) is 3.52. The number of methoxy groups -OCH3 is 1. The van der Waals surface area contributed by atoms with Crippen molar-refractivity contribution >= 4 is 35.9 Å². The molecule has 0 aromatic heterocycles. The van der Waals surface area contributed by atoms with E-state index < -0.39 is 0 Å². The van der Waals surface area contributed by atoms with E-state index in [1.165, 1.54) is 7.11 Å². The molecule has 0 aromatic rings. The fourth-order valence-corrected chi connectivity index (χ4v) is 2.38. The molecule has 0 aliphatic carbocycles. The summed E-state index contributed by atoms with van der Waals surface area (Å²) in [5.74, 6) is 1.37. The Hall–Kier alpha value is -0.570. The van der Waals surface area contributed by atoms with Crippen LogP contribution in [0.5, 0.6) is 0 Å². The van der Waals surface area contributed by atoms with Crippen LogP contribution in [0.4, 0.5) is 0 Å². The Labute approximate surface area is 151 Å². The highest BCUT2D eigenvalue weighted by Gasteiger charge is 2.26. The Morgan fingerprint density at radius 3 is 2.50 bits per heavy atom. The topological polar surface area (TPSA) is 63.2 Å². The lowest BCUT2D eigenvalue weighted by atomic mass is 9.97. The minimum absolute atomic E-state index is 0. The van der Waals surface area contributed by atoms with Crippen LogP contribution < -0.4 is 5.32 Å². The first-order valence-corrected chi connectivity index (χ1v) is 7.69. The molecule has 0 atom stereocenters. The lowest BCUT2D eigenvalue weighted by molar-refractivity contribution is -0.146. The average Bonchev–Trinajstić information content (AvgIpc) is 2.50. The molecule has 0 amide bonds. The van der Waals surface area contributed by atoms with Gasteiger partial charge in [-0.1, -0.05) is 13.8 Å². The summed E-state index contributed by atoms with van der Waals surface area (Å²) in [5.41, 5.74) is 0. The SMILES string of the molecule is CN=C(NCCOCC(C)C)N1CCC(C(=O)OC)CC1.I. The summed E-state index contributed by atoms with van der Waals surface area (Å²) in [6.07, 6.45) is 1.63. The van der Waals surface area contributed by atoms with Crippen LogP contribution in [0.2, 0.25) is 0 Å². The normalized spacial score (nSPS) is 16.4. The lowest BCUT2D eigenvalue weighted by Crippen LogP contribution is -2.47. The van der Waals surface area contributed by atoms with Gasteiger partial charge in [-0.05, 0) is 18.8 Å². The molecule has 1 rings (SSSR count). The highest BCUT2D eigenvalue weighted by molar-refractivity contribution is 14.0. The van der Waals surface area contributed by atoms with Crippen molar-refractivity contribution in [2.75, 3.05) is 47.0 Å². The Balaban J connectivity index is 0.00000441. The van der Waals surface area contributed by atoms with Crippen LogP contribution in [0.3, 0.4) is 0 Å². The Bertz CT molecular complexity index is 343. The quantitative estimate of drug-likeness (QED) is 0.230. The standard InChI is InChI=1S/C15H29N3O3.HI/c1-12(2)11-21-10-7-17-15(16-3)18-8-5-13(6-9-18)14(19)20-4;/h12-13H,5-11H2,1-4H3,(H,16,17);1H. The van der Waals surface area contributed by atoms with E-state index in [0.29, 0.717) is 12.5 Å². The van der Waals surface area contributed by atoms with Crippen LogP contribution in [0.1, 0.15) is 26.7 Å². The average molecular weight is 427 g/mol. The maximum Gasteiger partial charge on any atom is 0.308 e.